The van der Waals surface area contributed by atoms with Crippen LogP contribution in [0.4, 0.5) is 5.95 Å². The molecule has 2 aromatic heterocycles. The van der Waals surface area contributed by atoms with E-state index in [4.69, 9.17) is 37.4 Å². The summed E-state index contributed by atoms with van der Waals surface area (Å²) in [5.74, 6) is 0.801. The number of carbonyl (C=O) groups is 1. The van der Waals surface area contributed by atoms with Crippen molar-refractivity contribution in [3.8, 4) is 22.6 Å². The zero-order valence-electron chi connectivity index (χ0n) is 18.9. The number of hydrogen-bond donors (Lipinski definition) is 2. The Labute approximate surface area is 205 Å². The number of pyridine rings is 1. The lowest BCUT2D eigenvalue weighted by molar-refractivity contribution is -0.119. The van der Waals surface area contributed by atoms with Crippen molar-refractivity contribution in [2.45, 2.75) is 19.0 Å². The van der Waals surface area contributed by atoms with Crippen LogP contribution < -0.4 is 25.7 Å². The van der Waals surface area contributed by atoms with Crippen molar-refractivity contribution in [2.24, 2.45) is 7.05 Å². The number of anilines is 1. The number of amides is 1. The molecule has 1 amide bonds. The summed E-state index contributed by atoms with van der Waals surface area (Å²) in [6, 6.07) is 2.77. The largest absolute Gasteiger partial charge is 0.495 e. The summed E-state index contributed by atoms with van der Waals surface area (Å²) >= 11 is 13.1. The molecule has 2 N–H and O–H groups in total. The smallest absolute Gasteiger partial charge is 0.259 e. The van der Waals surface area contributed by atoms with E-state index in [-0.39, 0.29) is 39.2 Å². The van der Waals surface area contributed by atoms with Gasteiger partial charge in [-0.1, -0.05) is 23.2 Å². The molecule has 4 rings (SSSR count). The van der Waals surface area contributed by atoms with Crippen molar-refractivity contribution in [1.82, 2.24) is 19.9 Å². The molecule has 0 radical (unpaired) electrons. The predicted octanol–water partition coefficient (Wildman–Crippen LogP) is 2.63. The molecule has 1 aliphatic rings. The SMILES string of the molecule is COc1cc(OC)c(Cl)c(-c2cc3cnc(NC4COCC4NC(C)=O)nc3n(C)c2=O)c1Cl. The van der Waals surface area contributed by atoms with E-state index in [9.17, 15) is 9.59 Å². The van der Waals surface area contributed by atoms with Gasteiger partial charge in [0.15, 0.2) is 0 Å². The monoisotopic (exact) mass is 507 g/mol. The number of ether oxygens (including phenoxy) is 3. The molecule has 12 heteroatoms. The molecule has 2 unspecified atom stereocenters. The summed E-state index contributed by atoms with van der Waals surface area (Å²) in [6.07, 6.45) is 1.59. The van der Waals surface area contributed by atoms with Crippen LogP contribution in [0.5, 0.6) is 11.5 Å². The van der Waals surface area contributed by atoms with Crippen molar-refractivity contribution in [3.05, 3.63) is 38.7 Å². The van der Waals surface area contributed by atoms with E-state index in [1.54, 1.807) is 25.4 Å². The van der Waals surface area contributed by atoms with Gasteiger partial charge in [-0.05, 0) is 6.07 Å². The fourth-order valence-electron chi connectivity index (χ4n) is 3.88. The number of hydrogen-bond acceptors (Lipinski definition) is 8. The van der Waals surface area contributed by atoms with Gasteiger partial charge in [-0.15, -0.1) is 0 Å². The molecular formula is C22H23Cl2N5O5. The maximum absolute atomic E-state index is 13.3. The number of aromatic nitrogens is 3. The van der Waals surface area contributed by atoms with Gasteiger partial charge in [-0.25, -0.2) is 4.98 Å². The van der Waals surface area contributed by atoms with Crippen LogP contribution in [0.15, 0.2) is 23.1 Å². The lowest BCUT2D eigenvalue weighted by atomic mass is 10.0. The molecule has 180 valence electrons. The first-order valence-electron chi connectivity index (χ1n) is 10.3. The topological polar surface area (TPSA) is 117 Å². The number of halogens is 2. The first-order chi connectivity index (χ1) is 16.2. The second kappa shape index (κ2) is 9.65. The second-order valence-corrected chi connectivity index (χ2v) is 8.53. The number of nitrogens with one attached hydrogen (secondary N) is 2. The molecule has 0 spiro atoms. The lowest BCUT2D eigenvalue weighted by Crippen LogP contribution is -2.45. The number of nitrogens with zero attached hydrogens (tertiary/aromatic N) is 3. The average Bonchev–Trinajstić information content (AvgIpc) is 3.23. The molecule has 1 saturated heterocycles. The van der Waals surface area contributed by atoms with Gasteiger partial charge in [0.05, 0.1) is 55.1 Å². The van der Waals surface area contributed by atoms with Gasteiger partial charge < -0.3 is 24.8 Å². The van der Waals surface area contributed by atoms with Crippen LogP contribution in [0.25, 0.3) is 22.2 Å². The molecule has 3 heterocycles. The number of rotatable bonds is 6. The number of benzene rings is 1. The molecule has 3 aromatic rings. The Morgan fingerprint density at radius 2 is 1.79 bits per heavy atom. The Hall–Kier alpha value is -3.08. The van der Waals surface area contributed by atoms with Crippen molar-refractivity contribution < 1.29 is 19.0 Å². The maximum Gasteiger partial charge on any atom is 0.259 e. The Morgan fingerprint density at radius 3 is 2.41 bits per heavy atom. The van der Waals surface area contributed by atoms with Crippen LogP contribution in [0.1, 0.15) is 6.92 Å². The Balaban J connectivity index is 1.77. The Morgan fingerprint density at radius 1 is 1.15 bits per heavy atom. The van der Waals surface area contributed by atoms with Crippen molar-refractivity contribution in [1.29, 1.82) is 0 Å². The van der Waals surface area contributed by atoms with E-state index in [2.05, 4.69) is 20.6 Å². The molecule has 0 saturated carbocycles. The van der Waals surface area contributed by atoms with Gasteiger partial charge in [-0.2, -0.15) is 4.98 Å². The number of carbonyl (C=O) groups excluding carboxylic acids is 1. The minimum absolute atomic E-state index is 0.150. The van der Waals surface area contributed by atoms with Crippen LogP contribution in [-0.2, 0) is 16.6 Å². The third-order valence-corrected chi connectivity index (χ3v) is 6.33. The first kappa shape index (κ1) is 24.1. The van der Waals surface area contributed by atoms with E-state index in [0.717, 1.165) is 0 Å². The lowest BCUT2D eigenvalue weighted by Gasteiger charge is -2.20. The molecule has 1 aromatic carbocycles. The summed E-state index contributed by atoms with van der Waals surface area (Å²) in [5.41, 5.74) is 0.590. The fourth-order valence-corrected chi connectivity index (χ4v) is 4.59. The number of methoxy groups -OCH3 is 2. The minimum atomic E-state index is -0.364. The first-order valence-corrected chi connectivity index (χ1v) is 11.1. The van der Waals surface area contributed by atoms with Gasteiger partial charge in [0.25, 0.3) is 5.56 Å². The predicted molar refractivity (Wildman–Crippen MR) is 129 cm³/mol. The molecule has 0 bridgehead atoms. The average molecular weight is 508 g/mol. The number of fused-ring (bicyclic) bond motifs is 1. The molecule has 0 aliphatic carbocycles. The van der Waals surface area contributed by atoms with Crippen LogP contribution >= 0.6 is 23.2 Å². The quantitative estimate of drug-likeness (QED) is 0.522. The Bertz CT molecular complexity index is 1300. The zero-order chi connectivity index (χ0) is 24.6. The molecular weight excluding hydrogens is 485 g/mol. The van der Waals surface area contributed by atoms with Crippen LogP contribution in [0.3, 0.4) is 0 Å². The highest BCUT2D eigenvalue weighted by molar-refractivity contribution is 6.41. The van der Waals surface area contributed by atoms with Gasteiger partial charge in [0.1, 0.15) is 17.1 Å². The fraction of sp³-hybridized carbons (Fsp3) is 0.364. The highest BCUT2D eigenvalue weighted by atomic mass is 35.5. The molecule has 1 fully saturated rings. The molecule has 1 aliphatic heterocycles. The second-order valence-electron chi connectivity index (χ2n) is 7.77. The third kappa shape index (κ3) is 4.36. The van der Waals surface area contributed by atoms with Crippen molar-refractivity contribution >= 4 is 46.1 Å². The van der Waals surface area contributed by atoms with E-state index >= 15 is 0 Å². The van der Waals surface area contributed by atoms with Crippen molar-refractivity contribution in [2.75, 3.05) is 32.8 Å². The van der Waals surface area contributed by atoms with Gasteiger partial charge in [0, 0.05) is 37.2 Å². The Kier molecular flexibility index (Phi) is 6.83. The molecule has 34 heavy (non-hydrogen) atoms. The van der Waals surface area contributed by atoms with E-state index in [0.29, 0.717) is 47.3 Å². The summed E-state index contributed by atoms with van der Waals surface area (Å²) in [5, 5.41) is 6.99. The van der Waals surface area contributed by atoms with E-state index in [1.165, 1.54) is 25.7 Å². The van der Waals surface area contributed by atoms with Crippen molar-refractivity contribution in [3.63, 3.8) is 0 Å². The standard InChI is InChI=1S/C22H23Cl2N5O5/c1-10(30)26-13-8-34-9-14(13)27-22-25-7-11-5-12(21(31)29(2)20(11)28-22)17-18(23)15(32-3)6-16(33-4)19(17)24/h5-7,13-14H,8-9H2,1-4H3,(H,26,30)(H,25,27,28). The van der Waals surface area contributed by atoms with E-state index in [1.807, 2.05) is 0 Å². The van der Waals surface area contributed by atoms with Crippen LogP contribution in [0.2, 0.25) is 10.0 Å². The summed E-state index contributed by atoms with van der Waals surface area (Å²) in [6.45, 7) is 2.22. The number of aryl methyl sites for hydroxylation is 1. The van der Waals surface area contributed by atoms with Crippen LogP contribution in [-0.4, -0.2) is 60.0 Å². The maximum atomic E-state index is 13.3. The minimum Gasteiger partial charge on any atom is -0.495 e. The van der Waals surface area contributed by atoms with Gasteiger partial charge >= 0.3 is 0 Å². The molecule has 10 nitrogen and oxygen atoms in total. The highest BCUT2D eigenvalue weighted by Crippen LogP contribution is 2.45. The van der Waals surface area contributed by atoms with Gasteiger partial charge in [-0.3, -0.25) is 14.2 Å². The third-order valence-electron chi connectivity index (χ3n) is 5.58. The summed E-state index contributed by atoms with van der Waals surface area (Å²) < 4.78 is 17.5. The van der Waals surface area contributed by atoms with E-state index < -0.39 is 0 Å². The normalized spacial score (nSPS) is 17.6. The summed E-state index contributed by atoms with van der Waals surface area (Å²) in [4.78, 5) is 33.7. The highest BCUT2D eigenvalue weighted by Gasteiger charge is 2.29. The van der Waals surface area contributed by atoms with Gasteiger partial charge in [0.2, 0.25) is 11.9 Å². The molecule has 2 atom stereocenters. The summed E-state index contributed by atoms with van der Waals surface area (Å²) in [7, 11) is 4.53. The zero-order valence-corrected chi connectivity index (χ0v) is 20.5. The van der Waals surface area contributed by atoms with Crippen LogP contribution in [0, 0.1) is 0 Å².